The van der Waals surface area contributed by atoms with Crippen molar-refractivity contribution in [3.63, 3.8) is 0 Å². The van der Waals surface area contributed by atoms with Gasteiger partial charge in [0.05, 0.1) is 11.9 Å². The molecule has 0 spiro atoms. The molecule has 232 valence electrons. The summed E-state index contributed by atoms with van der Waals surface area (Å²) in [5.41, 5.74) is 1.96. The zero-order valence-corrected chi connectivity index (χ0v) is 25.0. The van der Waals surface area contributed by atoms with Gasteiger partial charge < -0.3 is 19.5 Å². The lowest BCUT2D eigenvalue weighted by atomic mass is 10.0. The third kappa shape index (κ3) is 6.64. The predicted molar refractivity (Wildman–Crippen MR) is 163 cm³/mol. The number of aryl methyl sites for hydroxylation is 2. The van der Waals surface area contributed by atoms with Crippen molar-refractivity contribution in [2.75, 3.05) is 38.5 Å². The van der Waals surface area contributed by atoms with E-state index in [-0.39, 0.29) is 29.2 Å². The number of rotatable bonds is 7. The van der Waals surface area contributed by atoms with Crippen LogP contribution in [-0.4, -0.2) is 73.4 Å². The van der Waals surface area contributed by atoms with E-state index in [0.29, 0.717) is 47.0 Å². The van der Waals surface area contributed by atoms with Gasteiger partial charge in [-0.05, 0) is 61.5 Å². The van der Waals surface area contributed by atoms with Crippen LogP contribution >= 0.6 is 0 Å². The van der Waals surface area contributed by atoms with Gasteiger partial charge in [-0.15, -0.1) is 0 Å². The molecule has 13 heteroatoms. The number of piperazine rings is 1. The number of carbonyl (C=O) groups is 1. The van der Waals surface area contributed by atoms with Crippen molar-refractivity contribution in [2.24, 2.45) is 7.05 Å². The first kappa shape index (κ1) is 30.2. The second kappa shape index (κ2) is 12.3. The van der Waals surface area contributed by atoms with E-state index in [1.807, 2.05) is 18.0 Å². The minimum Gasteiger partial charge on any atom is -0.437 e. The van der Waals surface area contributed by atoms with Gasteiger partial charge in [0.1, 0.15) is 5.75 Å². The van der Waals surface area contributed by atoms with Gasteiger partial charge in [-0.25, -0.2) is 9.97 Å². The number of benzene rings is 2. The third-order valence-corrected chi connectivity index (χ3v) is 7.78. The monoisotopic (exact) mass is 616 g/mol. The summed E-state index contributed by atoms with van der Waals surface area (Å²) in [6, 6.07) is 12.4. The maximum absolute atomic E-state index is 14.1. The highest BCUT2D eigenvalue weighted by atomic mass is 19.4. The van der Waals surface area contributed by atoms with Crippen molar-refractivity contribution >= 4 is 22.8 Å². The van der Waals surface area contributed by atoms with Crippen molar-refractivity contribution in [3.05, 3.63) is 89.5 Å². The number of hydrogen-bond donors (Lipinski definition) is 1. The Hall–Kier alpha value is -4.88. The first-order chi connectivity index (χ1) is 21.5. The maximum Gasteiger partial charge on any atom is 0.416 e. The van der Waals surface area contributed by atoms with Crippen molar-refractivity contribution in [1.82, 2.24) is 34.3 Å². The van der Waals surface area contributed by atoms with Crippen LogP contribution in [0.4, 0.5) is 18.9 Å². The fourth-order valence-corrected chi connectivity index (χ4v) is 5.20. The normalized spacial score (nSPS) is 14.5. The molecule has 1 aliphatic heterocycles. The summed E-state index contributed by atoms with van der Waals surface area (Å²) in [6.07, 6.45) is 0.308. The van der Waals surface area contributed by atoms with Crippen LogP contribution in [0.2, 0.25) is 0 Å². The Kier molecular flexibility index (Phi) is 8.21. The molecule has 0 saturated carbocycles. The summed E-state index contributed by atoms with van der Waals surface area (Å²) in [7, 11) is 3.80. The molecule has 1 aliphatic rings. The van der Waals surface area contributed by atoms with Gasteiger partial charge in [0.2, 0.25) is 0 Å². The van der Waals surface area contributed by atoms with Crippen molar-refractivity contribution in [2.45, 2.75) is 19.6 Å². The first-order valence-electron chi connectivity index (χ1n) is 14.4. The molecule has 0 unspecified atom stereocenters. The number of aromatic nitrogens is 5. The average Bonchev–Trinajstić information content (AvgIpc) is 3.40. The van der Waals surface area contributed by atoms with Gasteiger partial charge in [-0.3, -0.25) is 14.7 Å². The lowest BCUT2D eigenvalue weighted by Gasteiger charge is -2.33. The topological polar surface area (TPSA) is 101 Å². The zero-order chi connectivity index (χ0) is 31.7. The number of nitrogens with one attached hydrogen (secondary N) is 1. The van der Waals surface area contributed by atoms with Crippen molar-refractivity contribution < 1.29 is 22.7 Å². The highest BCUT2D eigenvalue weighted by molar-refractivity contribution is 6.05. The minimum absolute atomic E-state index is 0.0484. The Morgan fingerprint density at radius 2 is 1.82 bits per heavy atom. The first-order valence-corrected chi connectivity index (χ1v) is 14.4. The molecule has 3 aromatic heterocycles. The lowest BCUT2D eigenvalue weighted by molar-refractivity contribution is -0.138. The predicted octanol–water partition coefficient (Wildman–Crippen LogP) is 5.54. The number of hydrogen-bond acceptors (Lipinski definition) is 8. The van der Waals surface area contributed by atoms with Crippen LogP contribution in [0, 0.1) is 6.92 Å². The number of carbonyl (C=O) groups excluding carboxylic acids is 1. The largest absolute Gasteiger partial charge is 0.437 e. The van der Waals surface area contributed by atoms with Gasteiger partial charge in [0.25, 0.3) is 11.8 Å². The van der Waals surface area contributed by atoms with E-state index in [4.69, 9.17) is 4.74 Å². The van der Waals surface area contributed by atoms with Crippen LogP contribution in [0.3, 0.4) is 0 Å². The minimum atomic E-state index is -4.57. The van der Waals surface area contributed by atoms with E-state index in [0.717, 1.165) is 19.2 Å². The van der Waals surface area contributed by atoms with Gasteiger partial charge in [0, 0.05) is 69.0 Å². The number of pyridine rings is 1. The van der Waals surface area contributed by atoms with Gasteiger partial charge >= 0.3 is 6.18 Å². The molecule has 0 atom stereocenters. The molecule has 6 rings (SSSR count). The van der Waals surface area contributed by atoms with Crippen molar-refractivity contribution in [3.8, 4) is 23.0 Å². The standard InChI is InChI=1S/C32H31F3N8O2/c1-20-6-9-24(45-31-27-29(42(3)19-37-27)39-28(40-31)21-5-4-10-36-17-21)16-25(20)30(44)38-23-8-7-22(26(15-23)32(33,34)35)18-43-13-11-41(2)12-14-43/h4-10,15-17,19H,11-14,18H2,1-3H3,(H,38,44). The summed E-state index contributed by atoms with van der Waals surface area (Å²) in [6.45, 7) is 4.90. The number of fused-ring (bicyclic) bond motifs is 1. The van der Waals surface area contributed by atoms with Crippen LogP contribution in [0.25, 0.3) is 22.6 Å². The number of nitrogens with zero attached hydrogens (tertiary/aromatic N) is 7. The number of halogens is 3. The molecular formula is C32H31F3N8O2. The van der Waals surface area contributed by atoms with Crippen LogP contribution in [0.1, 0.15) is 27.0 Å². The number of anilines is 1. The average molecular weight is 617 g/mol. The van der Waals surface area contributed by atoms with Gasteiger partial charge in [-0.2, -0.15) is 18.2 Å². The number of alkyl halides is 3. The molecule has 1 N–H and O–H groups in total. The molecule has 0 bridgehead atoms. The molecule has 1 saturated heterocycles. The fraction of sp³-hybridized carbons (Fsp3) is 0.281. The lowest BCUT2D eigenvalue weighted by Crippen LogP contribution is -2.44. The van der Waals surface area contributed by atoms with E-state index in [2.05, 4.69) is 30.2 Å². The second-order valence-electron chi connectivity index (χ2n) is 11.1. The van der Waals surface area contributed by atoms with Gasteiger partial charge in [-0.1, -0.05) is 12.1 Å². The summed E-state index contributed by atoms with van der Waals surface area (Å²) in [5, 5.41) is 2.64. The van der Waals surface area contributed by atoms with E-state index in [1.165, 1.54) is 18.2 Å². The Bertz CT molecular complexity index is 1850. The molecule has 0 aliphatic carbocycles. The number of likely N-dealkylation sites (N-methyl/N-ethyl adjacent to an activating group) is 1. The van der Waals surface area contributed by atoms with Crippen LogP contribution in [0.5, 0.6) is 11.6 Å². The van der Waals surface area contributed by atoms with Gasteiger partial charge in [0.15, 0.2) is 17.0 Å². The SMILES string of the molecule is Cc1ccc(Oc2nc(-c3cccnc3)nc3c2ncn3C)cc1C(=O)Nc1ccc(CN2CCN(C)CC2)c(C(F)(F)F)c1. The Morgan fingerprint density at radius 1 is 1.02 bits per heavy atom. The molecule has 45 heavy (non-hydrogen) atoms. The number of imidazole rings is 1. The third-order valence-electron chi connectivity index (χ3n) is 7.78. The van der Waals surface area contributed by atoms with E-state index < -0.39 is 17.6 Å². The maximum atomic E-state index is 14.1. The van der Waals surface area contributed by atoms with E-state index in [9.17, 15) is 18.0 Å². The quantitative estimate of drug-likeness (QED) is 0.254. The Morgan fingerprint density at radius 3 is 2.56 bits per heavy atom. The van der Waals surface area contributed by atoms with Crippen LogP contribution < -0.4 is 10.1 Å². The fourth-order valence-electron chi connectivity index (χ4n) is 5.20. The zero-order valence-electron chi connectivity index (χ0n) is 25.0. The molecule has 1 amide bonds. The van der Waals surface area contributed by atoms with Crippen molar-refractivity contribution in [1.29, 1.82) is 0 Å². The summed E-state index contributed by atoms with van der Waals surface area (Å²) in [5.74, 6) is 0.294. The molecule has 2 aromatic carbocycles. The van der Waals surface area contributed by atoms with E-state index in [1.54, 1.807) is 55.5 Å². The smallest absolute Gasteiger partial charge is 0.416 e. The molecular weight excluding hydrogens is 585 g/mol. The Balaban J connectivity index is 1.25. The number of amides is 1. The summed E-state index contributed by atoms with van der Waals surface area (Å²) >= 11 is 0. The molecule has 0 radical (unpaired) electrons. The molecule has 5 aromatic rings. The number of ether oxygens (including phenoxy) is 1. The van der Waals surface area contributed by atoms with E-state index >= 15 is 0 Å². The highest BCUT2D eigenvalue weighted by Gasteiger charge is 2.34. The second-order valence-corrected chi connectivity index (χ2v) is 11.1. The molecule has 1 fully saturated rings. The molecule has 4 heterocycles. The Labute approximate surface area is 257 Å². The summed E-state index contributed by atoms with van der Waals surface area (Å²) in [4.78, 5) is 35.2. The molecule has 10 nitrogen and oxygen atoms in total. The van der Waals surface area contributed by atoms with Crippen LogP contribution in [-0.2, 0) is 19.8 Å². The summed E-state index contributed by atoms with van der Waals surface area (Å²) < 4.78 is 50.2. The van der Waals surface area contributed by atoms with Crippen LogP contribution in [0.15, 0.2) is 67.3 Å². The highest BCUT2D eigenvalue weighted by Crippen LogP contribution is 2.35.